The molecule has 0 bridgehead atoms. The average Bonchev–Trinajstić information content (AvgIpc) is 2.88. The van der Waals surface area contributed by atoms with Crippen LogP contribution in [0.4, 0.5) is 0 Å². The van der Waals surface area contributed by atoms with Gasteiger partial charge in [-0.05, 0) is 29.4 Å². The fourth-order valence-electron chi connectivity index (χ4n) is 3.82. The predicted molar refractivity (Wildman–Crippen MR) is 96.9 cm³/mol. The molecule has 0 radical (unpaired) electrons. The van der Waals surface area contributed by atoms with Crippen LogP contribution in [0.3, 0.4) is 0 Å². The highest BCUT2D eigenvalue weighted by atomic mass is 15.1. The minimum absolute atomic E-state index is 0.240. The summed E-state index contributed by atoms with van der Waals surface area (Å²) in [5.74, 6) is 0. The molecular formula is C21H28N2. The minimum Gasteiger partial charge on any atom is -0.327 e. The topological polar surface area (TPSA) is 29.3 Å². The van der Waals surface area contributed by atoms with E-state index in [2.05, 4.69) is 72.5 Å². The maximum absolute atomic E-state index is 6.42. The van der Waals surface area contributed by atoms with Crippen molar-refractivity contribution in [2.75, 3.05) is 6.54 Å². The Morgan fingerprint density at radius 3 is 1.91 bits per heavy atom. The molecule has 1 aliphatic rings. The van der Waals surface area contributed by atoms with Crippen molar-refractivity contribution in [3.63, 3.8) is 0 Å². The maximum atomic E-state index is 6.42. The smallest absolute Gasteiger partial charge is 0.0237 e. The number of nitrogens with two attached hydrogens (primary N) is 1. The maximum Gasteiger partial charge on any atom is 0.0237 e. The van der Waals surface area contributed by atoms with Crippen molar-refractivity contribution in [3.05, 3.63) is 71.8 Å². The standard InChI is InChI=1S/C21H28N2/c1-21(14-8-13-20(21)22)17-23(15-18-9-4-2-5-10-18)16-19-11-6-3-7-12-19/h2-7,9-12,20H,8,13-17,22H2,1H3. The quantitative estimate of drug-likeness (QED) is 0.866. The molecule has 2 aromatic rings. The van der Waals surface area contributed by atoms with Crippen molar-refractivity contribution in [2.24, 2.45) is 11.1 Å². The molecule has 0 heterocycles. The van der Waals surface area contributed by atoms with Crippen molar-refractivity contribution in [1.29, 1.82) is 0 Å². The van der Waals surface area contributed by atoms with Crippen molar-refractivity contribution in [2.45, 2.75) is 45.3 Å². The summed E-state index contributed by atoms with van der Waals surface area (Å²) in [6, 6.07) is 21.9. The number of hydrogen-bond acceptors (Lipinski definition) is 2. The third-order valence-electron chi connectivity index (χ3n) is 5.24. The Balaban J connectivity index is 1.75. The zero-order valence-electron chi connectivity index (χ0n) is 14.1. The lowest BCUT2D eigenvalue weighted by atomic mass is 9.84. The van der Waals surface area contributed by atoms with Gasteiger partial charge in [-0.15, -0.1) is 0 Å². The van der Waals surface area contributed by atoms with E-state index in [0.717, 1.165) is 19.6 Å². The first-order valence-corrected chi connectivity index (χ1v) is 8.71. The summed E-state index contributed by atoms with van der Waals surface area (Å²) in [5, 5.41) is 0. The fraction of sp³-hybridized carbons (Fsp3) is 0.429. The molecule has 2 heteroatoms. The van der Waals surface area contributed by atoms with Crippen LogP contribution in [0.15, 0.2) is 60.7 Å². The van der Waals surface area contributed by atoms with Gasteiger partial charge in [0.15, 0.2) is 0 Å². The van der Waals surface area contributed by atoms with E-state index in [1.54, 1.807) is 0 Å². The number of nitrogens with zero attached hydrogens (tertiary/aromatic N) is 1. The Bertz CT molecular complexity index is 554. The summed E-state index contributed by atoms with van der Waals surface area (Å²) < 4.78 is 0. The molecule has 2 atom stereocenters. The van der Waals surface area contributed by atoms with Crippen LogP contribution in [-0.4, -0.2) is 17.5 Å². The van der Waals surface area contributed by atoms with Crippen molar-refractivity contribution in [3.8, 4) is 0 Å². The van der Waals surface area contributed by atoms with Gasteiger partial charge in [0.05, 0.1) is 0 Å². The molecule has 1 fully saturated rings. The molecule has 0 aromatic heterocycles. The largest absolute Gasteiger partial charge is 0.327 e. The summed E-state index contributed by atoms with van der Waals surface area (Å²) in [6.45, 7) is 5.40. The van der Waals surface area contributed by atoms with Crippen LogP contribution in [0.2, 0.25) is 0 Å². The van der Waals surface area contributed by atoms with E-state index in [0.29, 0.717) is 6.04 Å². The van der Waals surface area contributed by atoms with E-state index in [-0.39, 0.29) is 5.41 Å². The first-order chi connectivity index (χ1) is 11.2. The van der Waals surface area contributed by atoms with Crippen LogP contribution in [0.25, 0.3) is 0 Å². The monoisotopic (exact) mass is 308 g/mol. The van der Waals surface area contributed by atoms with E-state index in [1.165, 1.54) is 30.4 Å². The molecular weight excluding hydrogens is 280 g/mol. The zero-order chi connectivity index (χ0) is 16.1. The van der Waals surface area contributed by atoms with Crippen molar-refractivity contribution in [1.82, 2.24) is 4.90 Å². The third-order valence-corrected chi connectivity index (χ3v) is 5.24. The van der Waals surface area contributed by atoms with Gasteiger partial charge < -0.3 is 5.73 Å². The Kier molecular flexibility index (Phi) is 5.14. The van der Waals surface area contributed by atoms with Crippen LogP contribution in [0.5, 0.6) is 0 Å². The molecule has 0 spiro atoms. The van der Waals surface area contributed by atoms with Gasteiger partial charge in [-0.3, -0.25) is 4.90 Å². The Hall–Kier alpha value is -1.64. The molecule has 3 rings (SSSR count). The van der Waals surface area contributed by atoms with E-state index in [1.807, 2.05) is 0 Å². The van der Waals surface area contributed by atoms with Crippen LogP contribution in [0.1, 0.15) is 37.3 Å². The van der Waals surface area contributed by atoms with Gasteiger partial charge in [0.2, 0.25) is 0 Å². The second-order valence-electron chi connectivity index (χ2n) is 7.27. The van der Waals surface area contributed by atoms with Gasteiger partial charge in [-0.1, -0.05) is 74.0 Å². The lowest BCUT2D eigenvalue weighted by molar-refractivity contribution is 0.140. The predicted octanol–water partition coefficient (Wildman–Crippen LogP) is 4.21. The second kappa shape index (κ2) is 7.29. The van der Waals surface area contributed by atoms with Gasteiger partial charge in [-0.25, -0.2) is 0 Å². The second-order valence-corrected chi connectivity index (χ2v) is 7.27. The summed E-state index contributed by atoms with van der Waals surface area (Å²) in [5.41, 5.74) is 9.41. The Morgan fingerprint density at radius 1 is 0.957 bits per heavy atom. The summed E-state index contributed by atoms with van der Waals surface area (Å²) in [7, 11) is 0. The van der Waals surface area contributed by atoms with Gasteiger partial charge in [0, 0.05) is 25.7 Å². The lowest BCUT2D eigenvalue weighted by Crippen LogP contribution is -2.43. The number of hydrogen-bond donors (Lipinski definition) is 1. The summed E-state index contributed by atoms with van der Waals surface area (Å²) in [6.07, 6.45) is 3.68. The highest BCUT2D eigenvalue weighted by molar-refractivity contribution is 5.17. The SMILES string of the molecule is CC1(CN(Cc2ccccc2)Cc2ccccc2)CCCC1N. The first-order valence-electron chi connectivity index (χ1n) is 8.71. The van der Waals surface area contributed by atoms with E-state index < -0.39 is 0 Å². The van der Waals surface area contributed by atoms with Gasteiger partial charge in [0.1, 0.15) is 0 Å². The molecule has 0 aliphatic heterocycles. The number of rotatable bonds is 6. The summed E-state index contributed by atoms with van der Waals surface area (Å²) in [4.78, 5) is 2.57. The molecule has 1 saturated carbocycles. The van der Waals surface area contributed by atoms with Crippen LogP contribution < -0.4 is 5.73 Å². The van der Waals surface area contributed by atoms with Gasteiger partial charge in [-0.2, -0.15) is 0 Å². The highest BCUT2D eigenvalue weighted by Crippen LogP contribution is 2.37. The third kappa shape index (κ3) is 4.21. The normalized spacial score (nSPS) is 24.2. The molecule has 122 valence electrons. The molecule has 2 N–H and O–H groups in total. The highest BCUT2D eigenvalue weighted by Gasteiger charge is 2.37. The minimum atomic E-state index is 0.240. The summed E-state index contributed by atoms with van der Waals surface area (Å²) >= 11 is 0. The Morgan fingerprint density at radius 2 is 1.48 bits per heavy atom. The molecule has 23 heavy (non-hydrogen) atoms. The van der Waals surface area contributed by atoms with Crippen LogP contribution >= 0.6 is 0 Å². The molecule has 2 unspecified atom stereocenters. The molecule has 0 saturated heterocycles. The van der Waals surface area contributed by atoms with Crippen molar-refractivity contribution < 1.29 is 0 Å². The molecule has 0 amide bonds. The fourth-order valence-corrected chi connectivity index (χ4v) is 3.82. The average molecular weight is 308 g/mol. The molecule has 1 aliphatic carbocycles. The zero-order valence-corrected chi connectivity index (χ0v) is 14.1. The van der Waals surface area contributed by atoms with E-state index in [9.17, 15) is 0 Å². The number of benzene rings is 2. The van der Waals surface area contributed by atoms with Crippen molar-refractivity contribution >= 4 is 0 Å². The van der Waals surface area contributed by atoms with E-state index in [4.69, 9.17) is 5.73 Å². The Labute approximate surface area is 140 Å². The van der Waals surface area contributed by atoms with Crippen LogP contribution in [0, 0.1) is 5.41 Å². The first kappa shape index (κ1) is 16.2. The van der Waals surface area contributed by atoms with Gasteiger partial charge in [0.25, 0.3) is 0 Å². The lowest BCUT2D eigenvalue weighted by Gasteiger charge is -2.36. The van der Waals surface area contributed by atoms with Gasteiger partial charge >= 0.3 is 0 Å². The molecule has 2 aromatic carbocycles. The van der Waals surface area contributed by atoms with Crippen LogP contribution in [-0.2, 0) is 13.1 Å². The molecule has 2 nitrogen and oxygen atoms in total. The van der Waals surface area contributed by atoms with E-state index >= 15 is 0 Å².